The van der Waals surface area contributed by atoms with Crippen molar-refractivity contribution in [3.8, 4) is 44.5 Å². The van der Waals surface area contributed by atoms with Gasteiger partial charge in [0.2, 0.25) is 0 Å². The first-order valence-corrected chi connectivity index (χ1v) is 16.8. The predicted molar refractivity (Wildman–Crippen MR) is 208 cm³/mol. The van der Waals surface area contributed by atoms with Crippen LogP contribution in [0, 0.1) is 0 Å². The molecule has 0 spiro atoms. The number of furan rings is 1. The molecule has 10 rings (SSSR count). The van der Waals surface area contributed by atoms with Crippen molar-refractivity contribution in [3.63, 3.8) is 0 Å². The van der Waals surface area contributed by atoms with E-state index in [1.165, 1.54) is 54.9 Å². The molecule has 0 saturated carbocycles. The quantitative estimate of drug-likeness (QED) is 0.178. The zero-order valence-electron chi connectivity index (χ0n) is 27.7. The minimum absolute atomic E-state index is 0.531. The highest BCUT2D eigenvalue weighted by Crippen LogP contribution is 2.45. The van der Waals surface area contributed by atoms with E-state index >= 15 is 0 Å². The van der Waals surface area contributed by atoms with Gasteiger partial charge in [-0.2, -0.15) is 0 Å². The molecule has 0 unspecified atom stereocenters. The van der Waals surface area contributed by atoms with Crippen LogP contribution in [0.2, 0.25) is 0 Å². The van der Waals surface area contributed by atoms with Crippen molar-refractivity contribution in [1.82, 2.24) is 0 Å². The summed E-state index contributed by atoms with van der Waals surface area (Å²) in [5.41, 5.74) is 11.3. The van der Waals surface area contributed by atoms with Crippen LogP contribution in [0.5, 0.6) is 0 Å². The number of hydrogen-bond acceptors (Lipinski definition) is 1. The van der Waals surface area contributed by atoms with Crippen LogP contribution in [-0.4, -0.2) is 0 Å². The molecule has 0 amide bonds. The van der Waals surface area contributed by atoms with Crippen LogP contribution in [0.1, 0.15) is 1.37 Å². The van der Waals surface area contributed by atoms with Gasteiger partial charge in [-0.15, -0.1) is 0 Å². The number of fused-ring (bicyclic) bond motifs is 6. The van der Waals surface area contributed by atoms with Gasteiger partial charge in [-0.25, -0.2) is 0 Å². The van der Waals surface area contributed by atoms with Crippen molar-refractivity contribution >= 4 is 54.3 Å². The van der Waals surface area contributed by atoms with E-state index in [9.17, 15) is 0 Å². The molecule has 0 radical (unpaired) electrons. The van der Waals surface area contributed by atoms with Crippen molar-refractivity contribution in [2.45, 2.75) is 0 Å². The molecular formula is C48H30O. The first-order chi connectivity index (χ1) is 24.7. The van der Waals surface area contributed by atoms with Gasteiger partial charge in [0, 0.05) is 10.8 Å². The van der Waals surface area contributed by atoms with Gasteiger partial charge in [0.05, 0.1) is 1.37 Å². The fourth-order valence-electron chi connectivity index (χ4n) is 7.73. The minimum Gasteiger partial charge on any atom is -0.456 e. The molecule has 10 aromatic rings. The summed E-state index contributed by atoms with van der Waals surface area (Å²) in [5.74, 6) is 0. The third-order valence-corrected chi connectivity index (χ3v) is 9.99. The molecule has 9 aromatic carbocycles. The highest BCUT2D eigenvalue weighted by Gasteiger charge is 2.18. The van der Waals surface area contributed by atoms with E-state index in [0.29, 0.717) is 6.04 Å². The number of rotatable bonds is 4. The van der Waals surface area contributed by atoms with E-state index in [1.807, 2.05) is 18.2 Å². The fraction of sp³-hybridized carbons (Fsp3) is 0. The van der Waals surface area contributed by atoms with Gasteiger partial charge < -0.3 is 4.42 Å². The molecule has 0 saturated heterocycles. The van der Waals surface area contributed by atoms with E-state index in [1.54, 1.807) is 0 Å². The zero-order valence-corrected chi connectivity index (χ0v) is 26.7. The summed E-state index contributed by atoms with van der Waals surface area (Å²) in [4.78, 5) is 0. The maximum absolute atomic E-state index is 8.07. The van der Waals surface area contributed by atoms with Crippen LogP contribution in [0.3, 0.4) is 0 Å². The van der Waals surface area contributed by atoms with Crippen molar-refractivity contribution in [3.05, 3.63) is 182 Å². The van der Waals surface area contributed by atoms with Crippen LogP contribution < -0.4 is 0 Å². The van der Waals surface area contributed by atoms with E-state index in [2.05, 4.69) is 158 Å². The monoisotopic (exact) mass is 623 g/mol. The van der Waals surface area contributed by atoms with Crippen LogP contribution in [0.15, 0.2) is 186 Å². The van der Waals surface area contributed by atoms with Crippen LogP contribution in [0.25, 0.3) is 98.8 Å². The molecule has 0 N–H and O–H groups in total. The van der Waals surface area contributed by atoms with Crippen molar-refractivity contribution in [2.24, 2.45) is 0 Å². The maximum atomic E-state index is 8.07. The Morgan fingerprint density at radius 1 is 0.347 bits per heavy atom. The Labute approximate surface area is 285 Å². The third kappa shape index (κ3) is 4.47. The SMILES string of the molecule is [2H]c1ccc2cc(-c3c4ccccc4c(-c4ccc(-c5cccc6oc7cc(-c8ccccc8)ccc7c56)cc4)c4ccccc34)ccc2c1. The lowest BCUT2D eigenvalue weighted by Crippen LogP contribution is -1.91. The summed E-state index contributed by atoms with van der Waals surface area (Å²) < 4.78 is 14.5. The third-order valence-electron chi connectivity index (χ3n) is 9.99. The molecule has 0 atom stereocenters. The van der Waals surface area contributed by atoms with Crippen molar-refractivity contribution in [2.75, 3.05) is 0 Å². The van der Waals surface area contributed by atoms with Gasteiger partial charge in [-0.05, 0) is 101 Å². The molecule has 0 aliphatic heterocycles. The second kappa shape index (κ2) is 11.1. The maximum Gasteiger partial charge on any atom is 0.136 e. The molecule has 0 aliphatic carbocycles. The summed E-state index contributed by atoms with van der Waals surface area (Å²) in [7, 11) is 0. The van der Waals surface area contributed by atoms with E-state index in [0.717, 1.165) is 43.8 Å². The summed E-state index contributed by atoms with van der Waals surface area (Å²) in [6.45, 7) is 0. The van der Waals surface area contributed by atoms with E-state index in [4.69, 9.17) is 5.79 Å². The van der Waals surface area contributed by atoms with Crippen molar-refractivity contribution in [1.29, 1.82) is 0 Å². The Morgan fingerprint density at radius 3 is 1.71 bits per heavy atom. The van der Waals surface area contributed by atoms with Crippen molar-refractivity contribution < 1.29 is 5.79 Å². The van der Waals surface area contributed by atoms with Crippen LogP contribution in [-0.2, 0) is 0 Å². The smallest absolute Gasteiger partial charge is 0.136 e. The van der Waals surface area contributed by atoms with Gasteiger partial charge in [0.15, 0.2) is 0 Å². The summed E-state index contributed by atoms with van der Waals surface area (Å²) in [6.07, 6.45) is 0. The number of benzene rings is 9. The Balaban J connectivity index is 1.12. The standard InChI is InChI=1S/C48H30O/c1-2-11-31(12-3-1)36-27-28-43-45(30-36)49-44-20-10-19-38(48(43)44)33-22-24-34(25-23-33)46-39-15-6-8-17-41(39)47(42-18-9-7-16-40(42)46)37-26-21-32-13-4-5-14-35(32)29-37/h1-30H/i4D. The average molecular weight is 624 g/mol. The highest BCUT2D eigenvalue weighted by molar-refractivity contribution is 6.22. The Hall–Kier alpha value is -6.44. The fourth-order valence-corrected chi connectivity index (χ4v) is 7.73. The topological polar surface area (TPSA) is 13.1 Å². The summed E-state index contributed by atoms with van der Waals surface area (Å²) in [6, 6.07) is 63.0. The zero-order chi connectivity index (χ0) is 33.2. The normalized spacial score (nSPS) is 12.0. The first kappa shape index (κ1) is 26.6. The van der Waals surface area contributed by atoms with Crippen LogP contribution >= 0.6 is 0 Å². The molecule has 1 aromatic heterocycles. The molecular weight excluding hydrogens is 593 g/mol. The van der Waals surface area contributed by atoms with Gasteiger partial charge >= 0.3 is 0 Å². The van der Waals surface area contributed by atoms with Gasteiger partial charge in [0.1, 0.15) is 11.2 Å². The molecule has 1 nitrogen and oxygen atoms in total. The predicted octanol–water partition coefficient (Wildman–Crippen LogP) is 13.7. The lowest BCUT2D eigenvalue weighted by molar-refractivity contribution is 0.669. The number of hydrogen-bond donors (Lipinski definition) is 0. The summed E-state index contributed by atoms with van der Waals surface area (Å²) >= 11 is 0. The lowest BCUT2D eigenvalue weighted by atomic mass is 9.85. The van der Waals surface area contributed by atoms with Gasteiger partial charge in [0.25, 0.3) is 0 Å². The molecule has 0 fully saturated rings. The second-order valence-electron chi connectivity index (χ2n) is 12.8. The lowest BCUT2D eigenvalue weighted by Gasteiger charge is -2.18. The first-order valence-electron chi connectivity index (χ1n) is 17.3. The molecule has 0 aliphatic rings. The second-order valence-corrected chi connectivity index (χ2v) is 12.8. The molecule has 49 heavy (non-hydrogen) atoms. The van der Waals surface area contributed by atoms with Crippen LogP contribution in [0.4, 0.5) is 0 Å². The largest absolute Gasteiger partial charge is 0.456 e. The highest BCUT2D eigenvalue weighted by atomic mass is 16.3. The Bertz CT molecular complexity index is 2860. The average Bonchev–Trinajstić information content (AvgIpc) is 3.55. The summed E-state index contributed by atoms with van der Waals surface area (Å²) in [5, 5.41) is 9.41. The van der Waals surface area contributed by atoms with Gasteiger partial charge in [-0.3, -0.25) is 0 Å². The minimum atomic E-state index is 0.531. The molecule has 1 heterocycles. The van der Waals surface area contributed by atoms with Gasteiger partial charge in [-0.1, -0.05) is 158 Å². The molecule has 0 bridgehead atoms. The Morgan fingerprint density at radius 2 is 0.980 bits per heavy atom. The Kier molecular flexibility index (Phi) is 6.02. The van der Waals surface area contributed by atoms with E-state index < -0.39 is 0 Å². The molecule has 1 heteroatoms. The van der Waals surface area contributed by atoms with E-state index in [-0.39, 0.29) is 0 Å². The molecule has 228 valence electrons.